The average molecular weight is 397 g/mol. The number of amides is 1. The molecule has 3 aromatic rings. The number of aryl methyl sites for hydroxylation is 1. The SMILES string of the molecule is CCCOc1ccc(NC(=O)Cn2c(=O)n(C)c3ccccc32)cc1OCCC. The zero-order valence-corrected chi connectivity index (χ0v) is 17.1. The van der Waals surface area contributed by atoms with Crippen LogP contribution in [0.4, 0.5) is 5.69 Å². The van der Waals surface area contributed by atoms with Crippen LogP contribution in [0.3, 0.4) is 0 Å². The summed E-state index contributed by atoms with van der Waals surface area (Å²) in [7, 11) is 1.70. The predicted molar refractivity (Wildman–Crippen MR) is 114 cm³/mol. The number of imidazole rings is 1. The van der Waals surface area contributed by atoms with Gasteiger partial charge in [0.05, 0.1) is 24.2 Å². The molecule has 1 N–H and O–H groups in total. The van der Waals surface area contributed by atoms with Gasteiger partial charge in [0, 0.05) is 18.8 Å². The number of ether oxygens (including phenoxy) is 2. The third kappa shape index (κ3) is 4.62. The number of carbonyl (C=O) groups excluding carboxylic acids is 1. The lowest BCUT2D eigenvalue weighted by atomic mass is 10.2. The van der Waals surface area contributed by atoms with Gasteiger partial charge in [0.25, 0.3) is 0 Å². The highest BCUT2D eigenvalue weighted by atomic mass is 16.5. The van der Waals surface area contributed by atoms with E-state index in [2.05, 4.69) is 5.32 Å². The highest BCUT2D eigenvalue weighted by Crippen LogP contribution is 2.31. The number of carbonyl (C=O) groups is 1. The van der Waals surface area contributed by atoms with Crippen molar-refractivity contribution in [3.8, 4) is 11.5 Å². The van der Waals surface area contributed by atoms with Crippen LogP contribution in [-0.2, 0) is 18.4 Å². The Balaban J connectivity index is 1.78. The van der Waals surface area contributed by atoms with Crippen molar-refractivity contribution >= 4 is 22.6 Å². The van der Waals surface area contributed by atoms with Crippen LogP contribution in [0.25, 0.3) is 11.0 Å². The molecule has 0 saturated carbocycles. The maximum atomic E-state index is 12.6. The van der Waals surface area contributed by atoms with Gasteiger partial charge in [-0.3, -0.25) is 13.9 Å². The topological polar surface area (TPSA) is 74.5 Å². The molecule has 0 atom stereocenters. The first-order valence-electron chi connectivity index (χ1n) is 9.88. The van der Waals surface area contributed by atoms with E-state index in [1.807, 2.05) is 38.1 Å². The summed E-state index contributed by atoms with van der Waals surface area (Å²) in [4.78, 5) is 25.1. The highest BCUT2D eigenvalue weighted by Gasteiger charge is 2.14. The van der Waals surface area contributed by atoms with Crippen LogP contribution in [0.5, 0.6) is 11.5 Å². The number of rotatable bonds is 9. The number of nitrogens with one attached hydrogen (secondary N) is 1. The molecule has 7 heteroatoms. The highest BCUT2D eigenvalue weighted by molar-refractivity contribution is 5.92. The first kappa shape index (κ1) is 20.5. The van der Waals surface area contributed by atoms with E-state index in [0.29, 0.717) is 30.4 Å². The molecule has 2 aromatic carbocycles. The van der Waals surface area contributed by atoms with Crippen LogP contribution in [0, 0.1) is 0 Å². The monoisotopic (exact) mass is 397 g/mol. The summed E-state index contributed by atoms with van der Waals surface area (Å²) in [5, 5.41) is 2.85. The number of fused-ring (bicyclic) bond motifs is 1. The number of benzene rings is 2. The molecule has 1 amide bonds. The second-order valence-corrected chi connectivity index (χ2v) is 6.82. The van der Waals surface area contributed by atoms with E-state index < -0.39 is 0 Å². The molecule has 0 unspecified atom stereocenters. The van der Waals surface area contributed by atoms with Gasteiger partial charge in [-0.15, -0.1) is 0 Å². The maximum absolute atomic E-state index is 12.6. The molecule has 0 bridgehead atoms. The number of para-hydroxylation sites is 2. The minimum atomic E-state index is -0.285. The second kappa shape index (κ2) is 9.32. The van der Waals surface area contributed by atoms with Gasteiger partial charge in [0.2, 0.25) is 5.91 Å². The zero-order valence-electron chi connectivity index (χ0n) is 17.1. The summed E-state index contributed by atoms with van der Waals surface area (Å²) in [5.41, 5.74) is 1.89. The molecule has 0 aliphatic carbocycles. The largest absolute Gasteiger partial charge is 0.490 e. The molecule has 0 saturated heterocycles. The summed E-state index contributed by atoms with van der Waals surface area (Å²) < 4.78 is 14.5. The summed E-state index contributed by atoms with van der Waals surface area (Å²) in [6, 6.07) is 12.7. The molecule has 29 heavy (non-hydrogen) atoms. The Bertz CT molecular complexity index is 1050. The van der Waals surface area contributed by atoms with Gasteiger partial charge >= 0.3 is 5.69 Å². The molecule has 7 nitrogen and oxygen atoms in total. The Morgan fingerprint density at radius 3 is 2.31 bits per heavy atom. The molecular weight excluding hydrogens is 370 g/mol. The fourth-order valence-corrected chi connectivity index (χ4v) is 3.10. The molecule has 1 aromatic heterocycles. The van der Waals surface area contributed by atoms with Crippen molar-refractivity contribution in [1.82, 2.24) is 9.13 Å². The third-order valence-corrected chi connectivity index (χ3v) is 4.50. The van der Waals surface area contributed by atoms with Crippen LogP contribution in [0.15, 0.2) is 47.3 Å². The van der Waals surface area contributed by atoms with Crippen LogP contribution in [-0.4, -0.2) is 28.3 Å². The molecule has 1 heterocycles. The van der Waals surface area contributed by atoms with Crippen LogP contribution >= 0.6 is 0 Å². The van der Waals surface area contributed by atoms with E-state index in [4.69, 9.17) is 9.47 Å². The molecule has 0 radical (unpaired) electrons. The standard InChI is InChI=1S/C22H27N3O4/c1-4-12-28-19-11-10-16(14-20(19)29-13-5-2)23-21(26)15-25-18-9-7-6-8-17(18)24(3)22(25)27/h6-11,14H,4-5,12-13,15H2,1-3H3,(H,23,26). The fourth-order valence-electron chi connectivity index (χ4n) is 3.10. The van der Waals surface area contributed by atoms with Gasteiger partial charge < -0.3 is 14.8 Å². The van der Waals surface area contributed by atoms with E-state index in [0.717, 1.165) is 23.9 Å². The van der Waals surface area contributed by atoms with Gasteiger partial charge in [-0.25, -0.2) is 4.79 Å². The molecular formula is C22H27N3O4. The fraction of sp³-hybridized carbons (Fsp3) is 0.364. The summed E-state index contributed by atoms with van der Waals surface area (Å²) in [6.45, 7) is 5.15. The first-order valence-corrected chi connectivity index (χ1v) is 9.88. The molecule has 3 rings (SSSR count). The number of nitrogens with zero attached hydrogens (tertiary/aromatic N) is 2. The zero-order chi connectivity index (χ0) is 20.8. The van der Waals surface area contributed by atoms with E-state index >= 15 is 0 Å². The maximum Gasteiger partial charge on any atom is 0.329 e. The number of hydrogen-bond acceptors (Lipinski definition) is 4. The predicted octanol–water partition coefficient (Wildman–Crippen LogP) is 3.56. The Morgan fingerprint density at radius 1 is 0.966 bits per heavy atom. The van der Waals surface area contributed by atoms with Crippen molar-refractivity contribution in [3.63, 3.8) is 0 Å². The van der Waals surface area contributed by atoms with E-state index in [1.54, 1.807) is 29.8 Å². The lowest BCUT2D eigenvalue weighted by Gasteiger charge is -2.14. The summed E-state index contributed by atoms with van der Waals surface area (Å²) in [5.74, 6) is 0.969. The van der Waals surface area contributed by atoms with Gasteiger partial charge in [0.15, 0.2) is 11.5 Å². The molecule has 0 fully saturated rings. The van der Waals surface area contributed by atoms with Crippen LogP contribution in [0.1, 0.15) is 26.7 Å². The molecule has 0 aliphatic rings. The number of hydrogen-bond donors (Lipinski definition) is 1. The van der Waals surface area contributed by atoms with Crippen molar-refractivity contribution in [3.05, 3.63) is 52.9 Å². The van der Waals surface area contributed by atoms with Gasteiger partial charge in [-0.1, -0.05) is 26.0 Å². The van der Waals surface area contributed by atoms with Crippen molar-refractivity contribution in [2.24, 2.45) is 7.05 Å². The Morgan fingerprint density at radius 2 is 1.62 bits per heavy atom. The second-order valence-electron chi connectivity index (χ2n) is 6.82. The first-order chi connectivity index (χ1) is 14.0. The van der Waals surface area contributed by atoms with E-state index in [9.17, 15) is 9.59 Å². The molecule has 154 valence electrons. The van der Waals surface area contributed by atoms with Gasteiger partial charge in [-0.05, 0) is 37.1 Å². The number of anilines is 1. The summed E-state index contributed by atoms with van der Waals surface area (Å²) in [6.07, 6.45) is 1.76. The Hall–Kier alpha value is -3.22. The van der Waals surface area contributed by atoms with Crippen LogP contribution < -0.4 is 20.5 Å². The lowest BCUT2D eigenvalue weighted by Crippen LogP contribution is -2.28. The van der Waals surface area contributed by atoms with Crippen LogP contribution in [0.2, 0.25) is 0 Å². The minimum Gasteiger partial charge on any atom is -0.490 e. The van der Waals surface area contributed by atoms with Gasteiger partial charge in [0.1, 0.15) is 6.54 Å². The van der Waals surface area contributed by atoms with Gasteiger partial charge in [-0.2, -0.15) is 0 Å². The van der Waals surface area contributed by atoms with Crippen molar-refractivity contribution in [2.75, 3.05) is 18.5 Å². The Kier molecular flexibility index (Phi) is 6.59. The average Bonchev–Trinajstić information content (AvgIpc) is 2.96. The minimum absolute atomic E-state index is 0.0700. The quantitative estimate of drug-likeness (QED) is 0.599. The number of aromatic nitrogens is 2. The normalized spacial score (nSPS) is 10.9. The summed E-state index contributed by atoms with van der Waals surface area (Å²) >= 11 is 0. The van der Waals surface area contributed by atoms with Crippen molar-refractivity contribution < 1.29 is 14.3 Å². The lowest BCUT2D eigenvalue weighted by molar-refractivity contribution is -0.116. The molecule has 0 spiro atoms. The smallest absolute Gasteiger partial charge is 0.329 e. The Labute approximate surface area is 169 Å². The van der Waals surface area contributed by atoms with E-state index in [-0.39, 0.29) is 18.1 Å². The van der Waals surface area contributed by atoms with E-state index in [1.165, 1.54) is 4.57 Å². The third-order valence-electron chi connectivity index (χ3n) is 4.50. The molecule has 0 aliphatic heterocycles. The van der Waals surface area contributed by atoms with Crippen molar-refractivity contribution in [1.29, 1.82) is 0 Å². The van der Waals surface area contributed by atoms with Crippen molar-refractivity contribution in [2.45, 2.75) is 33.2 Å².